The summed E-state index contributed by atoms with van der Waals surface area (Å²) in [4.78, 5) is 14.4. The van der Waals surface area contributed by atoms with Crippen molar-refractivity contribution in [1.82, 2.24) is 10.2 Å². The Balaban J connectivity index is 2.09. The zero-order valence-corrected chi connectivity index (χ0v) is 10.3. The van der Waals surface area contributed by atoms with Crippen molar-refractivity contribution < 1.29 is 4.79 Å². The van der Waals surface area contributed by atoms with Crippen molar-refractivity contribution in [3.8, 4) is 0 Å². The lowest BCUT2D eigenvalue weighted by atomic mass is 10.1. The van der Waals surface area contributed by atoms with Gasteiger partial charge < -0.3 is 10.2 Å². The fraction of sp³-hybridized carbons (Fsp3) is 0.909. The molecular formula is C11H20N2OS. The van der Waals surface area contributed by atoms with Gasteiger partial charge in [0.25, 0.3) is 0 Å². The molecule has 2 aliphatic rings. The van der Waals surface area contributed by atoms with Gasteiger partial charge in [-0.1, -0.05) is 0 Å². The molecule has 3 unspecified atom stereocenters. The first-order valence-electron chi connectivity index (χ1n) is 5.79. The van der Waals surface area contributed by atoms with Crippen molar-refractivity contribution in [2.45, 2.75) is 43.5 Å². The van der Waals surface area contributed by atoms with E-state index in [0.29, 0.717) is 18.0 Å². The first-order valence-corrected chi connectivity index (χ1v) is 7.08. The maximum Gasteiger partial charge on any atom is 0.235 e. The van der Waals surface area contributed by atoms with Gasteiger partial charge in [0.15, 0.2) is 0 Å². The molecule has 3 atom stereocenters. The summed E-state index contributed by atoms with van der Waals surface area (Å²) in [5.41, 5.74) is 0. The lowest BCUT2D eigenvalue weighted by Gasteiger charge is -2.30. The van der Waals surface area contributed by atoms with Crippen molar-refractivity contribution in [1.29, 1.82) is 0 Å². The SMILES string of the molecule is CSC(C)C(=O)N1C2CCNCC1CC2. The van der Waals surface area contributed by atoms with E-state index >= 15 is 0 Å². The van der Waals surface area contributed by atoms with Gasteiger partial charge in [-0.05, 0) is 39.0 Å². The lowest BCUT2D eigenvalue weighted by Crippen LogP contribution is -2.45. The maximum absolute atomic E-state index is 12.2. The summed E-state index contributed by atoms with van der Waals surface area (Å²) in [5.74, 6) is 0.346. The number of amides is 1. The Morgan fingerprint density at radius 3 is 2.87 bits per heavy atom. The topological polar surface area (TPSA) is 32.3 Å². The highest BCUT2D eigenvalue weighted by atomic mass is 32.2. The molecule has 2 bridgehead atoms. The molecule has 3 nitrogen and oxygen atoms in total. The molecule has 2 aliphatic heterocycles. The molecule has 4 heteroatoms. The third kappa shape index (κ3) is 2.16. The van der Waals surface area contributed by atoms with Crippen LogP contribution in [0.15, 0.2) is 0 Å². The smallest absolute Gasteiger partial charge is 0.235 e. The first kappa shape index (κ1) is 11.3. The minimum Gasteiger partial charge on any atom is -0.334 e. The number of nitrogens with one attached hydrogen (secondary N) is 1. The third-order valence-electron chi connectivity index (χ3n) is 3.61. The second-order valence-corrected chi connectivity index (χ2v) is 5.68. The number of hydrogen-bond acceptors (Lipinski definition) is 3. The Kier molecular flexibility index (Phi) is 3.57. The molecule has 0 saturated carbocycles. The van der Waals surface area contributed by atoms with Crippen LogP contribution < -0.4 is 5.32 Å². The zero-order valence-electron chi connectivity index (χ0n) is 9.53. The summed E-state index contributed by atoms with van der Waals surface area (Å²) in [6.07, 6.45) is 5.54. The van der Waals surface area contributed by atoms with Crippen LogP contribution in [-0.4, -0.2) is 47.5 Å². The van der Waals surface area contributed by atoms with E-state index in [1.807, 2.05) is 13.2 Å². The third-order valence-corrected chi connectivity index (χ3v) is 4.52. The fourth-order valence-electron chi connectivity index (χ4n) is 2.65. The molecule has 0 aliphatic carbocycles. The van der Waals surface area contributed by atoms with Crippen LogP contribution >= 0.6 is 11.8 Å². The quantitative estimate of drug-likeness (QED) is 0.768. The molecular weight excluding hydrogens is 208 g/mol. The van der Waals surface area contributed by atoms with Gasteiger partial charge in [-0.15, -0.1) is 0 Å². The monoisotopic (exact) mass is 228 g/mol. The van der Waals surface area contributed by atoms with Gasteiger partial charge in [0.1, 0.15) is 0 Å². The largest absolute Gasteiger partial charge is 0.334 e. The van der Waals surface area contributed by atoms with Crippen LogP contribution in [0.4, 0.5) is 0 Å². The Morgan fingerprint density at radius 2 is 2.13 bits per heavy atom. The van der Waals surface area contributed by atoms with Crippen LogP contribution in [0.2, 0.25) is 0 Å². The Bertz CT molecular complexity index is 233. The molecule has 2 heterocycles. The molecule has 15 heavy (non-hydrogen) atoms. The van der Waals surface area contributed by atoms with E-state index in [9.17, 15) is 4.79 Å². The van der Waals surface area contributed by atoms with Crippen LogP contribution in [0.5, 0.6) is 0 Å². The molecule has 0 radical (unpaired) electrons. The van der Waals surface area contributed by atoms with Gasteiger partial charge in [-0.2, -0.15) is 11.8 Å². The summed E-state index contributed by atoms with van der Waals surface area (Å²) >= 11 is 1.65. The molecule has 86 valence electrons. The van der Waals surface area contributed by atoms with E-state index in [2.05, 4.69) is 10.2 Å². The summed E-state index contributed by atoms with van der Waals surface area (Å²) < 4.78 is 0. The van der Waals surface area contributed by atoms with Crippen LogP contribution in [-0.2, 0) is 4.79 Å². The second-order valence-electron chi connectivity index (χ2n) is 4.50. The predicted molar refractivity (Wildman–Crippen MR) is 64.1 cm³/mol. The maximum atomic E-state index is 12.2. The number of carbonyl (C=O) groups is 1. The molecule has 2 rings (SSSR count). The first-order chi connectivity index (χ1) is 7.24. The number of hydrogen-bond donors (Lipinski definition) is 1. The zero-order chi connectivity index (χ0) is 10.8. The van der Waals surface area contributed by atoms with Crippen LogP contribution in [0.1, 0.15) is 26.2 Å². The number of thioether (sulfide) groups is 1. The van der Waals surface area contributed by atoms with Gasteiger partial charge in [0.05, 0.1) is 5.25 Å². The van der Waals surface area contributed by atoms with E-state index in [4.69, 9.17) is 0 Å². The van der Waals surface area contributed by atoms with E-state index < -0.39 is 0 Å². The lowest BCUT2D eigenvalue weighted by molar-refractivity contribution is -0.132. The number of rotatable bonds is 2. The number of fused-ring (bicyclic) bond motifs is 2. The predicted octanol–water partition coefficient (Wildman–Crippen LogP) is 1.09. The summed E-state index contributed by atoms with van der Waals surface area (Å²) in [5, 5.41) is 3.54. The molecule has 1 amide bonds. The van der Waals surface area contributed by atoms with Gasteiger partial charge in [-0.3, -0.25) is 4.79 Å². The molecule has 2 saturated heterocycles. The molecule has 0 aromatic carbocycles. The van der Waals surface area contributed by atoms with Crippen molar-refractivity contribution in [2.24, 2.45) is 0 Å². The molecule has 0 spiro atoms. The minimum absolute atomic E-state index is 0.117. The van der Waals surface area contributed by atoms with Gasteiger partial charge in [0, 0.05) is 18.6 Å². The van der Waals surface area contributed by atoms with Gasteiger partial charge >= 0.3 is 0 Å². The highest BCUT2D eigenvalue weighted by molar-refractivity contribution is 7.99. The molecule has 0 aromatic rings. The van der Waals surface area contributed by atoms with Crippen molar-refractivity contribution in [3.05, 3.63) is 0 Å². The van der Waals surface area contributed by atoms with E-state index in [1.54, 1.807) is 11.8 Å². The fourth-order valence-corrected chi connectivity index (χ4v) is 2.98. The number of nitrogens with zero attached hydrogens (tertiary/aromatic N) is 1. The minimum atomic E-state index is 0.117. The Labute approximate surface area is 96.0 Å². The average Bonchev–Trinajstić information content (AvgIpc) is 2.50. The summed E-state index contributed by atoms with van der Waals surface area (Å²) in [6, 6.07) is 0.965. The van der Waals surface area contributed by atoms with E-state index in [-0.39, 0.29) is 5.25 Å². The Hall–Kier alpha value is -0.220. The summed E-state index contributed by atoms with van der Waals surface area (Å²) in [7, 11) is 0. The van der Waals surface area contributed by atoms with Gasteiger partial charge in [0.2, 0.25) is 5.91 Å². The van der Waals surface area contributed by atoms with Crippen LogP contribution in [0.3, 0.4) is 0 Å². The van der Waals surface area contributed by atoms with Crippen molar-refractivity contribution in [2.75, 3.05) is 19.3 Å². The second kappa shape index (κ2) is 4.74. The van der Waals surface area contributed by atoms with E-state index in [0.717, 1.165) is 19.5 Å². The van der Waals surface area contributed by atoms with Gasteiger partial charge in [-0.25, -0.2) is 0 Å². The van der Waals surface area contributed by atoms with Crippen LogP contribution in [0, 0.1) is 0 Å². The van der Waals surface area contributed by atoms with Crippen molar-refractivity contribution >= 4 is 17.7 Å². The standard InChI is InChI=1S/C11H20N2OS/c1-8(15-2)11(14)13-9-3-4-10(13)7-12-6-5-9/h8-10,12H,3-7H2,1-2H3. The molecule has 1 N–H and O–H groups in total. The highest BCUT2D eigenvalue weighted by Crippen LogP contribution is 2.29. The average molecular weight is 228 g/mol. The van der Waals surface area contributed by atoms with Crippen molar-refractivity contribution in [3.63, 3.8) is 0 Å². The van der Waals surface area contributed by atoms with Crippen LogP contribution in [0.25, 0.3) is 0 Å². The Morgan fingerprint density at radius 1 is 1.40 bits per heavy atom. The molecule has 2 fully saturated rings. The highest BCUT2D eigenvalue weighted by Gasteiger charge is 2.39. The summed E-state index contributed by atoms with van der Waals surface area (Å²) in [6.45, 7) is 4.08. The van der Waals surface area contributed by atoms with E-state index in [1.165, 1.54) is 12.8 Å². The number of carbonyl (C=O) groups excluding carboxylic acids is 1. The molecule has 0 aromatic heterocycles. The normalized spacial score (nSPS) is 32.5.